The highest BCUT2D eigenvalue weighted by atomic mass is 79.9. The third-order valence-corrected chi connectivity index (χ3v) is 4.14. The lowest BCUT2D eigenvalue weighted by molar-refractivity contribution is 0.0689. The molecule has 0 spiro atoms. The molecule has 0 aliphatic carbocycles. The lowest BCUT2D eigenvalue weighted by Crippen LogP contribution is -2.05. The van der Waals surface area contributed by atoms with Gasteiger partial charge in [0.05, 0.1) is 15.9 Å². The van der Waals surface area contributed by atoms with Crippen LogP contribution in [0.1, 0.15) is 35.9 Å². The van der Waals surface area contributed by atoms with Crippen molar-refractivity contribution in [1.82, 2.24) is 9.78 Å². The highest BCUT2D eigenvalue weighted by molar-refractivity contribution is 9.11. The summed E-state index contributed by atoms with van der Waals surface area (Å²) < 4.78 is 3.07. The van der Waals surface area contributed by atoms with Crippen LogP contribution in [0.5, 0.6) is 0 Å². The fraction of sp³-hybridized carbons (Fsp3) is 0.231. The quantitative estimate of drug-likeness (QED) is 0.857. The molecule has 0 radical (unpaired) electrons. The van der Waals surface area contributed by atoms with Crippen LogP contribution in [-0.4, -0.2) is 20.9 Å². The Morgan fingerprint density at radius 2 is 1.95 bits per heavy atom. The second kappa shape index (κ2) is 5.46. The van der Waals surface area contributed by atoms with Crippen molar-refractivity contribution in [2.45, 2.75) is 19.8 Å². The van der Waals surface area contributed by atoms with Gasteiger partial charge in [-0.2, -0.15) is 5.10 Å². The molecule has 1 aromatic carbocycles. The molecular formula is C13H12Br2N2O2. The van der Waals surface area contributed by atoms with E-state index in [4.69, 9.17) is 0 Å². The van der Waals surface area contributed by atoms with E-state index in [1.54, 1.807) is 4.68 Å². The number of carbonyl (C=O) groups is 1. The summed E-state index contributed by atoms with van der Waals surface area (Å²) in [6, 6.07) is 7.58. The summed E-state index contributed by atoms with van der Waals surface area (Å²) in [5.74, 6) is -0.901. The Kier molecular flexibility index (Phi) is 4.10. The van der Waals surface area contributed by atoms with E-state index in [0.717, 1.165) is 15.9 Å². The van der Waals surface area contributed by atoms with Crippen LogP contribution in [0.2, 0.25) is 0 Å². The molecule has 1 aromatic heterocycles. The number of benzene rings is 1. The lowest BCUT2D eigenvalue weighted by atomic mass is 10.1. The zero-order valence-electron chi connectivity index (χ0n) is 10.4. The summed E-state index contributed by atoms with van der Waals surface area (Å²) in [4.78, 5) is 11.2. The van der Waals surface area contributed by atoms with E-state index in [1.807, 2.05) is 38.1 Å². The van der Waals surface area contributed by atoms with Crippen molar-refractivity contribution in [3.63, 3.8) is 0 Å². The van der Waals surface area contributed by atoms with Gasteiger partial charge in [0.15, 0.2) is 5.69 Å². The van der Waals surface area contributed by atoms with Crippen LogP contribution in [0.4, 0.5) is 0 Å². The van der Waals surface area contributed by atoms with E-state index in [9.17, 15) is 9.90 Å². The molecule has 0 saturated carbocycles. The number of hydrogen-bond acceptors (Lipinski definition) is 2. The highest BCUT2D eigenvalue weighted by Gasteiger charge is 2.24. The van der Waals surface area contributed by atoms with Crippen LogP contribution in [0.15, 0.2) is 33.2 Å². The molecule has 0 fully saturated rings. The minimum Gasteiger partial charge on any atom is -0.476 e. The van der Waals surface area contributed by atoms with Gasteiger partial charge < -0.3 is 5.11 Å². The van der Waals surface area contributed by atoms with Crippen LogP contribution in [0.25, 0.3) is 5.69 Å². The number of carboxylic acid groups (broad SMARTS) is 1. The predicted octanol–water partition coefficient (Wildman–Crippen LogP) is 4.22. The number of nitrogens with zero attached hydrogens (tertiary/aromatic N) is 2. The summed E-state index contributed by atoms with van der Waals surface area (Å²) in [5, 5.41) is 13.4. The van der Waals surface area contributed by atoms with Gasteiger partial charge in [-0.15, -0.1) is 0 Å². The first-order valence-corrected chi connectivity index (χ1v) is 7.28. The molecule has 6 heteroatoms. The van der Waals surface area contributed by atoms with Crippen molar-refractivity contribution in [3.05, 3.63) is 44.6 Å². The first-order valence-electron chi connectivity index (χ1n) is 5.70. The van der Waals surface area contributed by atoms with E-state index in [2.05, 4.69) is 37.0 Å². The summed E-state index contributed by atoms with van der Waals surface area (Å²) in [6.07, 6.45) is 0. The van der Waals surface area contributed by atoms with Crippen molar-refractivity contribution in [3.8, 4) is 5.69 Å². The molecule has 0 atom stereocenters. The lowest BCUT2D eigenvalue weighted by Gasteiger charge is -2.12. The Morgan fingerprint density at radius 3 is 2.47 bits per heavy atom. The first-order chi connectivity index (χ1) is 8.93. The number of aromatic carboxylic acids is 1. The van der Waals surface area contributed by atoms with Crippen molar-refractivity contribution in [2.24, 2.45) is 0 Å². The summed E-state index contributed by atoms with van der Waals surface area (Å²) in [5.41, 5.74) is 1.68. The summed E-state index contributed by atoms with van der Waals surface area (Å²) in [7, 11) is 0. The van der Waals surface area contributed by atoms with E-state index >= 15 is 0 Å². The molecule has 1 heterocycles. The number of para-hydroxylation sites is 1. The van der Waals surface area contributed by atoms with Crippen LogP contribution < -0.4 is 0 Å². The Morgan fingerprint density at radius 1 is 1.32 bits per heavy atom. The Labute approximate surface area is 127 Å². The molecular weight excluding hydrogens is 376 g/mol. The Hall–Kier alpha value is -1.14. The number of halogens is 2. The summed E-state index contributed by atoms with van der Waals surface area (Å²) in [6.45, 7) is 4.00. The molecule has 1 N–H and O–H groups in total. The molecule has 2 aromatic rings. The third kappa shape index (κ3) is 2.60. The second-order valence-corrected chi connectivity index (χ2v) is 6.02. The maximum Gasteiger partial charge on any atom is 0.357 e. The maximum absolute atomic E-state index is 11.2. The molecule has 0 unspecified atom stereocenters. The fourth-order valence-corrected chi connectivity index (χ4v) is 3.18. The molecule has 2 rings (SSSR count). The largest absolute Gasteiger partial charge is 0.476 e. The van der Waals surface area contributed by atoms with Gasteiger partial charge >= 0.3 is 5.97 Å². The Balaban J connectivity index is 2.73. The Bertz CT molecular complexity index is 636. The van der Waals surface area contributed by atoms with Gasteiger partial charge in [0, 0.05) is 4.47 Å². The molecule has 0 aliphatic rings. The number of carboxylic acids is 1. The standard InChI is InChI=1S/C13H12Br2N2O2/c1-7(2)12-10(15)11(13(18)19)16-17(12)9-6-4-3-5-8(9)14/h3-7H,1-2H3,(H,18,19). The van der Waals surface area contributed by atoms with E-state index in [1.165, 1.54) is 0 Å². The molecule has 100 valence electrons. The number of hydrogen-bond donors (Lipinski definition) is 1. The van der Waals surface area contributed by atoms with Gasteiger partial charge in [0.25, 0.3) is 0 Å². The molecule has 0 saturated heterocycles. The fourth-order valence-electron chi connectivity index (χ4n) is 1.85. The first kappa shape index (κ1) is 14.3. The zero-order valence-corrected chi connectivity index (χ0v) is 13.6. The second-order valence-electron chi connectivity index (χ2n) is 4.37. The zero-order chi connectivity index (χ0) is 14.2. The minimum absolute atomic E-state index is 0.0273. The average molecular weight is 388 g/mol. The molecule has 0 amide bonds. The third-order valence-electron chi connectivity index (χ3n) is 2.69. The van der Waals surface area contributed by atoms with Crippen molar-refractivity contribution >= 4 is 37.8 Å². The molecule has 4 nitrogen and oxygen atoms in total. The van der Waals surface area contributed by atoms with E-state index in [-0.39, 0.29) is 11.6 Å². The monoisotopic (exact) mass is 386 g/mol. The van der Waals surface area contributed by atoms with Crippen LogP contribution in [-0.2, 0) is 0 Å². The van der Waals surface area contributed by atoms with Crippen molar-refractivity contribution in [2.75, 3.05) is 0 Å². The summed E-state index contributed by atoms with van der Waals surface area (Å²) >= 11 is 6.81. The van der Waals surface area contributed by atoms with Gasteiger partial charge in [0.1, 0.15) is 0 Å². The van der Waals surface area contributed by atoms with Gasteiger partial charge in [0.2, 0.25) is 0 Å². The van der Waals surface area contributed by atoms with Crippen molar-refractivity contribution < 1.29 is 9.90 Å². The smallest absolute Gasteiger partial charge is 0.357 e. The predicted molar refractivity (Wildman–Crippen MR) is 80.0 cm³/mol. The van der Waals surface area contributed by atoms with Gasteiger partial charge in [-0.25, -0.2) is 9.48 Å². The van der Waals surface area contributed by atoms with Crippen LogP contribution >= 0.6 is 31.9 Å². The topological polar surface area (TPSA) is 55.1 Å². The molecule has 19 heavy (non-hydrogen) atoms. The van der Waals surface area contributed by atoms with Crippen LogP contribution in [0, 0.1) is 0 Å². The molecule has 0 bridgehead atoms. The van der Waals surface area contributed by atoms with Crippen LogP contribution in [0.3, 0.4) is 0 Å². The minimum atomic E-state index is -1.04. The molecule has 0 aliphatic heterocycles. The SMILES string of the molecule is CC(C)c1c(Br)c(C(=O)O)nn1-c1ccccc1Br. The highest BCUT2D eigenvalue weighted by Crippen LogP contribution is 2.32. The average Bonchev–Trinajstić information content (AvgIpc) is 2.67. The number of aromatic nitrogens is 2. The normalized spacial score (nSPS) is 11.0. The maximum atomic E-state index is 11.2. The van der Waals surface area contributed by atoms with E-state index < -0.39 is 5.97 Å². The van der Waals surface area contributed by atoms with Gasteiger partial charge in [-0.05, 0) is 49.9 Å². The van der Waals surface area contributed by atoms with Crippen molar-refractivity contribution in [1.29, 1.82) is 0 Å². The number of rotatable bonds is 3. The van der Waals surface area contributed by atoms with Gasteiger partial charge in [-0.3, -0.25) is 0 Å². The van der Waals surface area contributed by atoms with Gasteiger partial charge in [-0.1, -0.05) is 26.0 Å². The van der Waals surface area contributed by atoms with E-state index in [0.29, 0.717) is 4.47 Å².